The number of amides is 2. The van der Waals surface area contributed by atoms with Crippen LogP contribution in [0.4, 0.5) is 5.69 Å². The molecular formula is C16H18N2O3S. The van der Waals surface area contributed by atoms with Crippen LogP contribution in [0.3, 0.4) is 0 Å². The van der Waals surface area contributed by atoms with Crippen LogP contribution in [0.1, 0.15) is 15.2 Å². The maximum Gasteiger partial charge on any atom is 0.265 e. The fraction of sp³-hybridized carbons (Fsp3) is 0.250. The normalized spacial score (nSPS) is 10.1. The van der Waals surface area contributed by atoms with Crippen LogP contribution in [0.15, 0.2) is 35.7 Å². The van der Waals surface area contributed by atoms with Gasteiger partial charge in [-0.25, -0.2) is 0 Å². The molecule has 0 saturated heterocycles. The van der Waals surface area contributed by atoms with E-state index in [4.69, 9.17) is 4.74 Å². The standard InChI is InChI=1S/C16H18N2O3S/c1-11-8-9-22-15(11)16(20)17-12-4-6-13(7-5-12)21-10-14(19)18(2)3/h4-9H,10H2,1-3H3,(H,17,20). The predicted octanol–water partition coefficient (Wildman–Crippen LogP) is 2.78. The van der Waals surface area contributed by atoms with Crippen LogP contribution in [0.2, 0.25) is 0 Å². The molecule has 1 heterocycles. The molecule has 1 aromatic heterocycles. The van der Waals surface area contributed by atoms with Gasteiger partial charge < -0.3 is 15.0 Å². The predicted molar refractivity (Wildman–Crippen MR) is 87.6 cm³/mol. The maximum atomic E-state index is 12.1. The van der Waals surface area contributed by atoms with E-state index in [0.29, 0.717) is 16.3 Å². The smallest absolute Gasteiger partial charge is 0.265 e. The third-order valence-corrected chi connectivity index (χ3v) is 4.06. The second-order valence-electron chi connectivity index (χ2n) is 4.99. The molecule has 22 heavy (non-hydrogen) atoms. The molecule has 0 radical (unpaired) electrons. The molecule has 0 saturated carbocycles. The van der Waals surface area contributed by atoms with Crippen molar-refractivity contribution in [2.45, 2.75) is 6.92 Å². The zero-order valence-corrected chi connectivity index (χ0v) is 13.6. The van der Waals surface area contributed by atoms with Gasteiger partial charge in [0, 0.05) is 19.8 Å². The summed E-state index contributed by atoms with van der Waals surface area (Å²) < 4.78 is 5.38. The fourth-order valence-corrected chi connectivity index (χ4v) is 2.52. The van der Waals surface area contributed by atoms with Gasteiger partial charge in [-0.15, -0.1) is 11.3 Å². The van der Waals surface area contributed by atoms with E-state index >= 15 is 0 Å². The first-order chi connectivity index (χ1) is 10.5. The molecule has 5 nitrogen and oxygen atoms in total. The number of anilines is 1. The first kappa shape index (κ1) is 16.0. The van der Waals surface area contributed by atoms with Crippen LogP contribution in [-0.4, -0.2) is 37.4 Å². The molecule has 116 valence electrons. The Morgan fingerprint density at radius 3 is 2.41 bits per heavy atom. The van der Waals surface area contributed by atoms with Gasteiger partial charge in [0.15, 0.2) is 6.61 Å². The number of aryl methyl sites for hydroxylation is 1. The molecule has 0 atom stereocenters. The highest BCUT2D eigenvalue weighted by atomic mass is 32.1. The van der Waals surface area contributed by atoms with Crippen LogP contribution in [0.25, 0.3) is 0 Å². The van der Waals surface area contributed by atoms with E-state index in [2.05, 4.69) is 5.32 Å². The van der Waals surface area contributed by atoms with Gasteiger partial charge in [-0.1, -0.05) is 0 Å². The largest absolute Gasteiger partial charge is 0.484 e. The lowest BCUT2D eigenvalue weighted by Gasteiger charge is -2.11. The van der Waals surface area contributed by atoms with Crippen LogP contribution >= 0.6 is 11.3 Å². The number of nitrogens with zero attached hydrogens (tertiary/aromatic N) is 1. The van der Waals surface area contributed by atoms with Crippen molar-refractivity contribution in [2.24, 2.45) is 0 Å². The van der Waals surface area contributed by atoms with E-state index in [9.17, 15) is 9.59 Å². The summed E-state index contributed by atoms with van der Waals surface area (Å²) in [7, 11) is 3.35. The van der Waals surface area contributed by atoms with Gasteiger partial charge in [-0.2, -0.15) is 0 Å². The Morgan fingerprint density at radius 2 is 1.86 bits per heavy atom. The minimum absolute atomic E-state index is 0.00685. The van der Waals surface area contributed by atoms with Crippen molar-refractivity contribution in [3.8, 4) is 5.75 Å². The van der Waals surface area contributed by atoms with Crippen molar-refractivity contribution >= 4 is 28.8 Å². The number of benzene rings is 1. The number of carbonyl (C=O) groups is 2. The summed E-state index contributed by atoms with van der Waals surface area (Å²) in [5, 5.41) is 4.73. The third kappa shape index (κ3) is 4.08. The fourth-order valence-electron chi connectivity index (χ4n) is 1.70. The van der Waals surface area contributed by atoms with Gasteiger partial charge in [0.05, 0.1) is 4.88 Å². The van der Waals surface area contributed by atoms with E-state index < -0.39 is 0 Å². The molecule has 6 heteroatoms. The number of rotatable bonds is 5. The van der Waals surface area contributed by atoms with E-state index in [1.807, 2.05) is 18.4 Å². The molecule has 0 aliphatic carbocycles. The summed E-state index contributed by atoms with van der Waals surface area (Å²) >= 11 is 1.42. The minimum Gasteiger partial charge on any atom is -0.484 e. The number of thiophene rings is 1. The zero-order chi connectivity index (χ0) is 16.1. The number of nitrogens with one attached hydrogen (secondary N) is 1. The molecule has 2 aromatic rings. The zero-order valence-electron chi connectivity index (χ0n) is 12.8. The minimum atomic E-state index is -0.121. The summed E-state index contributed by atoms with van der Waals surface area (Å²) in [6, 6.07) is 8.85. The molecule has 2 rings (SSSR count). The highest BCUT2D eigenvalue weighted by Crippen LogP contribution is 2.20. The van der Waals surface area contributed by atoms with Crippen LogP contribution in [0.5, 0.6) is 5.75 Å². The molecule has 0 bridgehead atoms. The highest BCUT2D eigenvalue weighted by molar-refractivity contribution is 7.12. The van der Waals surface area contributed by atoms with Crippen molar-refractivity contribution < 1.29 is 14.3 Å². The number of hydrogen-bond acceptors (Lipinski definition) is 4. The molecular weight excluding hydrogens is 300 g/mol. The van der Waals surface area contributed by atoms with E-state index in [-0.39, 0.29) is 18.4 Å². The number of carbonyl (C=O) groups excluding carboxylic acids is 2. The summed E-state index contributed by atoms with van der Waals surface area (Å²) in [6.45, 7) is 1.90. The highest BCUT2D eigenvalue weighted by Gasteiger charge is 2.10. The van der Waals surface area contributed by atoms with Crippen molar-refractivity contribution in [3.05, 3.63) is 46.2 Å². The Morgan fingerprint density at radius 1 is 1.18 bits per heavy atom. The van der Waals surface area contributed by atoms with Gasteiger partial charge >= 0.3 is 0 Å². The number of likely N-dealkylation sites (N-methyl/N-ethyl adjacent to an activating group) is 1. The molecule has 0 fully saturated rings. The lowest BCUT2D eigenvalue weighted by molar-refractivity contribution is -0.130. The second-order valence-corrected chi connectivity index (χ2v) is 5.90. The van der Waals surface area contributed by atoms with E-state index in [1.54, 1.807) is 38.4 Å². The summed E-state index contributed by atoms with van der Waals surface area (Å²) in [6.07, 6.45) is 0. The average molecular weight is 318 g/mol. The van der Waals surface area contributed by atoms with Crippen molar-refractivity contribution in [1.82, 2.24) is 4.90 Å². The van der Waals surface area contributed by atoms with Crippen LogP contribution in [-0.2, 0) is 4.79 Å². The molecule has 1 N–H and O–H groups in total. The first-order valence-corrected chi connectivity index (χ1v) is 7.64. The Balaban J connectivity index is 1.93. The molecule has 2 amide bonds. The Hall–Kier alpha value is -2.34. The first-order valence-electron chi connectivity index (χ1n) is 6.76. The molecule has 0 spiro atoms. The van der Waals surface area contributed by atoms with Gasteiger partial charge in [-0.05, 0) is 48.2 Å². The van der Waals surface area contributed by atoms with Crippen molar-refractivity contribution in [2.75, 3.05) is 26.0 Å². The van der Waals surface area contributed by atoms with Crippen LogP contribution < -0.4 is 10.1 Å². The van der Waals surface area contributed by atoms with Gasteiger partial charge in [0.2, 0.25) is 0 Å². The van der Waals surface area contributed by atoms with Gasteiger partial charge in [0.25, 0.3) is 11.8 Å². The Kier molecular flexibility index (Phi) is 5.16. The molecule has 0 unspecified atom stereocenters. The Labute approximate surface area is 133 Å². The summed E-state index contributed by atoms with van der Waals surface area (Å²) in [5.74, 6) is 0.356. The topological polar surface area (TPSA) is 58.6 Å². The third-order valence-electron chi connectivity index (χ3n) is 3.04. The maximum absolute atomic E-state index is 12.1. The summed E-state index contributed by atoms with van der Waals surface area (Å²) in [4.78, 5) is 25.7. The van der Waals surface area contributed by atoms with E-state index in [1.165, 1.54) is 16.2 Å². The lowest BCUT2D eigenvalue weighted by Crippen LogP contribution is -2.27. The monoisotopic (exact) mass is 318 g/mol. The summed E-state index contributed by atoms with van der Waals surface area (Å²) in [5.41, 5.74) is 1.65. The molecule has 1 aromatic carbocycles. The van der Waals surface area contributed by atoms with Gasteiger partial charge in [-0.3, -0.25) is 9.59 Å². The van der Waals surface area contributed by atoms with Gasteiger partial charge in [0.1, 0.15) is 5.75 Å². The SMILES string of the molecule is Cc1ccsc1C(=O)Nc1ccc(OCC(=O)N(C)C)cc1. The average Bonchev–Trinajstić information content (AvgIpc) is 2.92. The number of hydrogen-bond donors (Lipinski definition) is 1. The molecule has 0 aliphatic rings. The lowest BCUT2D eigenvalue weighted by atomic mass is 10.2. The van der Waals surface area contributed by atoms with Crippen molar-refractivity contribution in [1.29, 1.82) is 0 Å². The van der Waals surface area contributed by atoms with Crippen molar-refractivity contribution in [3.63, 3.8) is 0 Å². The molecule has 0 aliphatic heterocycles. The Bertz CT molecular complexity index is 662. The second kappa shape index (κ2) is 7.09. The van der Waals surface area contributed by atoms with E-state index in [0.717, 1.165) is 5.56 Å². The number of ether oxygens (including phenoxy) is 1. The van der Waals surface area contributed by atoms with Crippen LogP contribution in [0, 0.1) is 6.92 Å². The quantitative estimate of drug-likeness (QED) is 0.922.